The molecule has 2 aliphatic heterocycles. The number of nitrogens with one attached hydrogen (secondary N) is 1. The van der Waals surface area contributed by atoms with Gasteiger partial charge in [0.25, 0.3) is 5.56 Å². The first-order valence-corrected chi connectivity index (χ1v) is 14.7. The third kappa shape index (κ3) is 6.06. The van der Waals surface area contributed by atoms with Gasteiger partial charge >= 0.3 is 0 Å². The lowest BCUT2D eigenvalue weighted by molar-refractivity contribution is -0.0847. The number of hydrogen-bond donors (Lipinski definition) is 1. The first-order valence-electron chi connectivity index (χ1n) is 14.3. The molecule has 1 aromatic heterocycles. The largest absolute Gasteiger partial charge is 0.497 e. The summed E-state index contributed by atoms with van der Waals surface area (Å²) in [5.41, 5.74) is 1.55. The molecular formula is C29H39ClN4O5. The second-order valence-corrected chi connectivity index (χ2v) is 11.7. The van der Waals surface area contributed by atoms with Crippen molar-refractivity contribution in [2.45, 2.75) is 50.3 Å². The number of ether oxygens (including phenoxy) is 4. The molecule has 10 heteroatoms. The maximum Gasteiger partial charge on any atom is 0.287 e. The minimum Gasteiger partial charge on any atom is -0.497 e. The van der Waals surface area contributed by atoms with Crippen LogP contribution < -0.4 is 20.5 Å². The molecule has 0 amide bonds. The summed E-state index contributed by atoms with van der Waals surface area (Å²) in [6, 6.07) is 8.57. The molecule has 2 aliphatic carbocycles. The van der Waals surface area contributed by atoms with Gasteiger partial charge in [0.1, 0.15) is 10.8 Å². The SMILES string of the molecule is COc1ccc(N(C[C@@H]2COCCO2)[C@H]2CC[C@H](n3ncc(NC[C@@H]4COC[C@H]5C[C@@H]45)c(Cl)c3=O)CC2)cc1. The predicted molar refractivity (Wildman–Crippen MR) is 150 cm³/mol. The van der Waals surface area contributed by atoms with Crippen molar-refractivity contribution < 1.29 is 18.9 Å². The third-order valence-corrected chi connectivity index (χ3v) is 9.25. The topological polar surface area (TPSA) is 87.1 Å². The number of methoxy groups -OCH3 is 1. The molecular weight excluding hydrogens is 520 g/mol. The minimum absolute atomic E-state index is 0.0336. The molecule has 4 fully saturated rings. The molecule has 2 saturated heterocycles. The first-order chi connectivity index (χ1) is 19.1. The van der Waals surface area contributed by atoms with Crippen LogP contribution in [0.4, 0.5) is 11.4 Å². The van der Waals surface area contributed by atoms with E-state index in [-0.39, 0.29) is 22.7 Å². The maximum atomic E-state index is 13.2. The van der Waals surface area contributed by atoms with Crippen LogP contribution in [-0.2, 0) is 14.2 Å². The Morgan fingerprint density at radius 3 is 2.67 bits per heavy atom. The van der Waals surface area contributed by atoms with Crippen molar-refractivity contribution in [3.05, 3.63) is 45.8 Å². The second kappa shape index (κ2) is 12.0. The third-order valence-electron chi connectivity index (χ3n) is 8.89. The van der Waals surface area contributed by atoms with Crippen LogP contribution in [0.3, 0.4) is 0 Å². The number of rotatable bonds is 9. The van der Waals surface area contributed by atoms with Gasteiger partial charge in [-0.05, 0) is 68.2 Å². The van der Waals surface area contributed by atoms with Gasteiger partial charge in [0.2, 0.25) is 0 Å². The van der Waals surface area contributed by atoms with E-state index in [1.54, 1.807) is 18.0 Å². The van der Waals surface area contributed by atoms with Crippen molar-refractivity contribution in [2.75, 3.05) is 63.5 Å². The summed E-state index contributed by atoms with van der Waals surface area (Å²) in [5, 5.41) is 8.16. The molecule has 6 rings (SSSR count). The van der Waals surface area contributed by atoms with Crippen LogP contribution in [0, 0.1) is 17.8 Å². The summed E-state index contributed by atoms with van der Waals surface area (Å²) in [5.74, 6) is 2.76. The lowest BCUT2D eigenvalue weighted by Crippen LogP contribution is -2.46. The molecule has 2 saturated carbocycles. The average molecular weight is 559 g/mol. The highest BCUT2D eigenvalue weighted by Crippen LogP contribution is 2.47. The van der Waals surface area contributed by atoms with Crippen molar-refractivity contribution in [3.63, 3.8) is 0 Å². The Morgan fingerprint density at radius 2 is 1.92 bits per heavy atom. The van der Waals surface area contributed by atoms with Gasteiger partial charge in [0.15, 0.2) is 0 Å². The summed E-state index contributed by atoms with van der Waals surface area (Å²) >= 11 is 6.56. The van der Waals surface area contributed by atoms with Gasteiger partial charge in [-0.3, -0.25) is 4.79 Å². The van der Waals surface area contributed by atoms with Crippen LogP contribution in [0.5, 0.6) is 5.75 Å². The average Bonchev–Trinajstić information content (AvgIpc) is 3.78. The lowest BCUT2D eigenvalue weighted by Gasteiger charge is -2.40. The van der Waals surface area contributed by atoms with E-state index in [0.717, 1.165) is 69.3 Å². The fraction of sp³-hybridized carbons (Fsp3) is 0.655. The lowest BCUT2D eigenvalue weighted by atomic mass is 9.89. The smallest absolute Gasteiger partial charge is 0.287 e. The van der Waals surface area contributed by atoms with Gasteiger partial charge in [-0.2, -0.15) is 5.10 Å². The van der Waals surface area contributed by atoms with E-state index < -0.39 is 0 Å². The van der Waals surface area contributed by atoms with Gasteiger partial charge < -0.3 is 29.2 Å². The number of halogens is 1. The van der Waals surface area contributed by atoms with E-state index >= 15 is 0 Å². The summed E-state index contributed by atoms with van der Waals surface area (Å²) in [6.45, 7) is 5.07. The summed E-state index contributed by atoms with van der Waals surface area (Å²) < 4.78 is 24.3. The molecule has 9 nitrogen and oxygen atoms in total. The van der Waals surface area contributed by atoms with Gasteiger partial charge in [-0.15, -0.1) is 0 Å². The molecule has 0 unspecified atom stereocenters. The molecule has 0 spiro atoms. The van der Waals surface area contributed by atoms with E-state index in [9.17, 15) is 4.79 Å². The van der Waals surface area contributed by atoms with Crippen LogP contribution in [0.25, 0.3) is 0 Å². The Hall–Kier alpha value is -2.33. The number of aromatic nitrogens is 2. The highest BCUT2D eigenvalue weighted by atomic mass is 35.5. The fourth-order valence-corrected chi connectivity index (χ4v) is 6.73. The molecule has 2 aromatic rings. The molecule has 3 heterocycles. The number of fused-ring (bicyclic) bond motifs is 1. The molecule has 1 aromatic carbocycles. The van der Waals surface area contributed by atoms with E-state index in [0.29, 0.717) is 43.4 Å². The second-order valence-electron chi connectivity index (χ2n) is 11.3. The molecule has 4 aliphatic rings. The number of hydrogen-bond acceptors (Lipinski definition) is 8. The molecule has 1 N–H and O–H groups in total. The zero-order chi connectivity index (χ0) is 26.8. The standard InChI is InChI=1S/C29H39ClN4O5/c1-36-24-8-6-22(7-9-24)33(15-25-18-37-10-11-39-25)21-2-4-23(5-3-21)34-29(35)28(30)27(14-32-34)31-13-20-17-38-16-19-12-26(19)20/h6-9,14,19-21,23,25-26,31H,2-5,10-13,15-18H2,1H3/t19-,20-,21-,23-,25-,26-/m1/s1. The molecule has 0 bridgehead atoms. The summed E-state index contributed by atoms with van der Waals surface area (Å²) in [4.78, 5) is 15.7. The summed E-state index contributed by atoms with van der Waals surface area (Å²) in [7, 11) is 1.68. The zero-order valence-corrected chi connectivity index (χ0v) is 23.4. The van der Waals surface area contributed by atoms with Crippen LogP contribution >= 0.6 is 11.6 Å². The van der Waals surface area contributed by atoms with Crippen LogP contribution in [0.1, 0.15) is 38.1 Å². The Morgan fingerprint density at radius 1 is 1.10 bits per heavy atom. The van der Waals surface area contributed by atoms with Crippen molar-refractivity contribution in [1.82, 2.24) is 9.78 Å². The van der Waals surface area contributed by atoms with Crippen molar-refractivity contribution >= 4 is 23.0 Å². The number of anilines is 2. The van der Waals surface area contributed by atoms with Gasteiger partial charge in [0.05, 0.1) is 57.6 Å². The molecule has 212 valence electrons. The van der Waals surface area contributed by atoms with Crippen LogP contribution in [-0.4, -0.2) is 75.2 Å². The summed E-state index contributed by atoms with van der Waals surface area (Å²) in [6.07, 6.45) is 6.61. The van der Waals surface area contributed by atoms with Gasteiger partial charge in [0, 0.05) is 37.3 Å². The molecule has 0 radical (unpaired) electrons. The van der Waals surface area contributed by atoms with E-state index in [4.69, 9.17) is 30.5 Å². The molecule has 4 atom stereocenters. The van der Waals surface area contributed by atoms with E-state index in [1.807, 2.05) is 12.1 Å². The van der Waals surface area contributed by atoms with Crippen LogP contribution in [0.15, 0.2) is 35.3 Å². The monoisotopic (exact) mass is 558 g/mol. The molecule has 39 heavy (non-hydrogen) atoms. The zero-order valence-electron chi connectivity index (χ0n) is 22.6. The van der Waals surface area contributed by atoms with E-state index in [2.05, 4.69) is 27.4 Å². The maximum absolute atomic E-state index is 13.2. The highest BCUT2D eigenvalue weighted by molar-refractivity contribution is 6.32. The van der Waals surface area contributed by atoms with Crippen molar-refractivity contribution in [1.29, 1.82) is 0 Å². The Kier molecular flexibility index (Phi) is 8.30. The van der Waals surface area contributed by atoms with Gasteiger partial charge in [-0.25, -0.2) is 4.68 Å². The normalized spacial score (nSPS) is 30.3. The number of benzene rings is 1. The first kappa shape index (κ1) is 26.9. The fourth-order valence-electron chi connectivity index (χ4n) is 6.53. The predicted octanol–water partition coefficient (Wildman–Crippen LogP) is 4.01. The highest BCUT2D eigenvalue weighted by Gasteiger charge is 2.45. The van der Waals surface area contributed by atoms with E-state index in [1.165, 1.54) is 6.42 Å². The van der Waals surface area contributed by atoms with Crippen molar-refractivity contribution in [2.24, 2.45) is 17.8 Å². The number of nitrogens with zero attached hydrogens (tertiary/aromatic N) is 3. The Balaban J connectivity index is 1.10. The quantitative estimate of drug-likeness (QED) is 0.494. The van der Waals surface area contributed by atoms with Crippen molar-refractivity contribution in [3.8, 4) is 5.75 Å². The Labute approximate surface area is 234 Å². The Bertz CT molecular complexity index is 1160. The van der Waals surface area contributed by atoms with Crippen LogP contribution in [0.2, 0.25) is 5.02 Å². The van der Waals surface area contributed by atoms with Gasteiger partial charge in [-0.1, -0.05) is 11.6 Å². The minimum atomic E-state index is -0.214.